The van der Waals surface area contributed by atoms with Crippen LogP contribution in [0.15, 0.2) is 30.6 Å². The zero-order chi connectivity index (χ0) is 16.4. The van der Waals surface area contributed by atoms with E-state index in [1.165, 1.54) is 6.20 Å². The standard InChI is InChI=1S/C16H16N4O3/c1-9-6-18-13(7-17-9)16(22)19-10(2)11-3-4-14-12(5-11)20-15(21)8-23-14/h3-7,10H,8H2,1-2H3,(H,19,22)(H,20,21)/t10-/m1/s1. The highest BCUT2D eigenvalue weighted by Crippen LogP contribution is 2.30. The molecular weight excluding hydrogens is 296 g/mol. The highest BCUT2D eigenvalue weighted by molar-refractivity contribution is 5.95. The maximum absolute atomic E-state index is 12.2. The van der Waals surface area contributed by atoms with Gasteiger partial charge in [-0.3, -0.25) is 14.6 Å². The Morgan fingerprint density at radius 2 is 2.17 bits per heavy atom. The molecular formula is C16H16N4O3. The van der Waals surface area contributed by atoms with Crippen molar-refractivity contribution < 1.29 is 14.3 Å². The van der Waals surface area contributed by atoms with Gasteiger partial charge in [-0.25, -0.2) is 4.98 Å². The second-order valence-electron chi connectivity index (χ2n) is 5.33. The van der Waals surface area contributed by atoms with E-state index in [-0.39, 0.29) is 30.2 Å². The molecule has 2 heterocycles. The van der Waals surface area contributed by atoms with Crippen LogP contribution in [0.4, 0.5) is 5.69 Å². The van der Waals surface area contributed by atoms with Gasteiger partial charge in [0.25, 0.3) is 11.8 Å². The summed E-state index contributed by atoms with van der Waals surface area (Å²) in [5.74, 6) is 0.126. The summed E-state index contributed by atoms with van der Waals surface area (Å²) in [5.41, 5.74) is 2.47. The third-order valence-electron chi connectivity index (χ3n) is 3.50. The van der Waals surface area contributed by atoms with E-state index >= 15 is 0 Å². The molecule has 0 bridgehead atoms. The Balaban J connectivity index is 1.74. The number of rotatable bonds is 3. The van der Waals surface area contributed by atoms with E-state index in [1.54, 1.807) is 25.3 Å². The minimum absolute atomic E-state index is 0.0186. The van der Waals surface area contributed by atoms with Crippen LogP contribution < -0.4 is 15.4 Å². The molecule has 0 aliphatic carbocycles. The van der Waals surface area contributed by atoms with Crippen LogP contribution in [0.2, 0.25) is 0 Å². The zero-order valence-corrected chi connectivity index (χ0v) is 12.8. The number of aromatic nitrogens is 2. The minimum atomic E-state index is -0.303. The van der Waals surface area contributed by atoms with Gasteiger partial charge in [0.1, 0.15) is 11.4 Å². The number of carbonyl (C=O) groups excluding carboxylic acids is 2. The van der Waals surface area contributed by atoms with Gasteiger partial charge in [0.05, 0.1) is 23.6 Å². The molecule has 0 unspecified atom stereocenters. The van der Waals surface area contributed by atoms with Crippen molar-refractivity contribution in [1.82, 2.24) is 15.3 Å². The first-order valence-corrected chi connectivity index (χ1v) is 7.19. The Morgan fingerprint density at radius 1 is 1.35 bits per heavy atom. The smallest absolute Gasteiger partial charge is 0.271 e. The second kappa shape index (κ2) is 6.04. The molecule has 0 saturated carbocycles. The minimum Gasteiger partial charge on any atom is -0.482 e. The molecule has 2 aromatic rings. The first kappa shape index (κ1) is 15.0. The number of amides is 2. The highest BCUT2D eigenvalue weighted by Gasteiger charge is 2.18. The predicted molar refractivity (Wildman–Crippen MR) is 83.2 cm³/mol. The Kier molecular flexibility index (Phi) is 3.92. The van der Waals surface area contributed by atoms with Gasteiger partial charge in [0.2, 0.25) is 0 Å². The maximum atomic E-state index is 12.2. The highest BCUT2D eigenvalue weighted by atomic mass is 16.5. The molecule has 1 aromatic carbocycles. The van der Waals surface area contributed by atoms with E-state index in [2.05, 4.69) is 20.6 Å². The summed E-state index contributed by atoms with van der Waals surface area (Å²) in [5, 5.41) is 5.60. The van der Waals surface area contributed by atoms with Crippen molar-refractivity contribution in [1.29, 1.82) is 0 Å². The van der Waals surface area contributed by atoms with Crippen LogP contribution in [0.3, 0.4) is 0 Å². The second-order valence-corrected chi connectivity index (χ2v) is 5.33. The number of fused-ring (bicyclic) bond motifs is 1. The fourth-order valence-electron chi connectivity index (χ4n) is 2.23. The van der Waals surface area contributed by atoms with Gasteiger partial charge in [-0.2, -0.15) is 0 Å². The molecule has 7 nitrogen and oxygen atoms in total. The molecule has 1 aliphatic rings. The summed E-state index contributed by atoms with van der Waals surface area (Å²) < 4.78 is 5.31. The summed E-state index contributed by atoms with van der Waals surface area (Å²) in [6, 6.07) is 5.16. The Labute approximate surface area is 133 Å². The number of benzene rings is 1. The molecule has 0 fully saturated rings. The van der Waals surface area contributed by atoms with Crippen LogP contribution >= 0.6 is 0 Å². The quantitative estimate of drug-likeness (QED) is 0.898. The van der Waals surface area contributed by atoms with Gasteiger partial charge >= 0.3 is 0 Å². The Hall–Kier alpha value is -2.96. The molecule has 7 heteroatoms. The molecule has 1 atom stereocenters. The SMILES string of the molecule is Cc1cnc(C(=O)N[C@H](C)c2ccc3c(c2)NC(=O)CO3)cn1. The molecule has 118 valence electrons. The molecule has 23 heavy (non-hydrogen) atoms. The lowest BCUT2D eigenvalue weighted by atomic mass is 10.1. The molecule has 3 rings (SSSR count). The van der Waals surface area contributed by atoms with Crippen LogP contribution in [0.5, 0.6) is 5.75 Å². The third-order valence-corrected chi connectivity index (χ3v) is 3.50. The first-order valence-electron chi connectivity index (χ1n) is 7.19. The van der Waals surface area contributed by atoms with Gasteiger partial charge in [0.15, 0.2) is 6.61 Å². The van der Waals surface area contributed by atoms with E-state index in [0.29, 0.717) is 11.4 Å². The lowest BCUT2D eigenvalue weighted by molar-refractivity contribution is -0.118. The van der Waals surface area contributed by atoms with Crippen molar-refractivity contribution in [2.45, 2.75) is 19.9 Å². The van der Waals surface area contributed by atoms with E-state index in [9.17, 15) is 9.59 Å². The maximum Gasteiger partial charge on any atom is 0.271 e. The van der Waals surface area contributed by atoms with E-state index in [0.717, 1.165) is 11.3 Å². The lowest BCUT2D eigenvalue weighted by Crippen LogP contribution is -2.28. The third kappa shape index (κ3) is 3.28. The van der Waals surface area contributed by atoms with Crippen molar-refractivity contribution in [3.63, 3.8) is 0 Å². The largest absolute Gasteiger partial charge is 0.482 e. The zero-order valence-electron chi connectivity index (χ0n) is 12.8. The van der Waals surface area contributed by atoms with Crippen LogP contribution in [-0.2, 0) is 4.79 Å². The van der Waals surface area contributed by atoms with Crippen molar-refractivity contribution in [2.75, 3.05) is 11.9 Å². The molecule has 0 radical (unpaired) electrons. The number of hydrogen-bond donors (Lipinski definition) is 2. The number of hydrogen-bond acceptors (Lipinski definition) is 5. The number of aryl methyl sites for hydroxylation is 1. The number of ether oxygens (including phenoxy) is 1. The number of nitrogens with zero attached hydrogens (tertiary/aromatic N) is 2. The van der Waals surface area contributed by atoms with Gasteiger partial charge in [0, 0.05) is 6.20 Å². The van der Waals surface area contributed by atoms with Crippen molar-refractivity contribution in [3.05, 3.63) is 47.5 Å². The van der Waals surface area contributed by atoms with Gasteiger partial charge < -0.3 is 15.4 Å². The summed E-state index contributed by atoms with van der Waals surface area (Å²) in [7, 11) is 0. The first-order chi connectivity index (χ1) is 11.0. The molecule has 0 saturated heterocycles. The van der Waals surface area contributed by atoms with Crippen LogP contribution in [0.1, 0.15) is 34.7 Å². The number of anilines is 1. The normalized spacial score (nSPS) is 14.3. The van der Waals surface area contributed by atoms with Crippen molar-refractivity contribution in [3.8, 4) is 5.75 Å². The van der Waals surface area contributed by atoms with Gasteiger partial charge in [-0.15, -0.1) is 0 Å². The van der Waals surface area contributed by atoms with Crippen LogP contribution in [0.25, 0.3) is 0 Å². The van der Waals surface area contributed by atoms with E-state index in [1.807, 2.05) is 13.0 Å². The lowest BCUT2D eigenvalue weighted by Gasteiger charge is -2.20. The fourth-order valence-corrected chi connectivity index (χ4v) is 2.23. The summed E-state index contributed by atoms with van der Waals surface area (Å²) in [6.45, 7) is 3.68. The Morgan fingerprint density at radius 3 is 2.91 bits per heavy atom. The summed E-state index contributed by atoms with van der Waals surface area (Å²) in [4.78, 5) is 31.7. The van der Waals surface area contributed by atoms with Crippen molar-refractivity contribution in [2.24, 2.45) is 0 Å². The van der Waals surface area contributed by atoms with E-state index < -0.39 is 0 Å². The molecule has 2 amide bonds. The molecule has 0 spiro atoms. The summed E-state index contributed by atoms with van der Waals surface area (Å²) >= 11 is 0. The van der Waals surface area contributed by atoms with Gasteiger partial charge in [-0.05, 0) is 31.5 Å². The van der Waals surface area contributed by atoms with Gasteiger partial charge in [-0.1, -0.05) is 6.07 Å². The molecule has 2 N–H and O–H groups in total. The molecule has 1 aliphatic heterocycles. The predicted octanol–water partition coefficient (Wildman–Crippen LogP) is 1.61. The Bertz CT molecular complexity index is 758. The average Bonchev–Trinajstić information content (AvgIpc) is 2.54. The topological polar surface area (TPSA) is 93.2 Å². The summed E-state index contributed by atoms with van der Waals surface area (Å²) in [6.07, 6.45) is 2.99. The van der Waals surface area contributed by atoms with Crippen LogP contribution in [-0.4, -0.2) is 28.4 Å². The fraction of sp³-hybridized carbons (Fsp3) is 0.250. The van der Waals surface area contributed by atoms with E-state index in [4.69, 9.17) is 4.74 Å². The number of nitrogens with one attached hydrogen (secondary N) is 2. The monoisotopic (exact) mass is 312 g/mol. The van der Waals surface area contributed by atoms with Crippen molar-refractivity contribution >= 4 is 17.5 Å². The number of carbonyl (C=O) groups is 2. The average molecular weight is 312 g/mol. The van der Waals surface area contributed by atoms with Crippen LogP contribution in [0, 0.1) is 6.92 Å². The molecule has 1 aromatic heterocycles.